The van der Waals surface area contributed by atoms with Crippen LogP contribution in [0.1, 0.15) is 11.1 Å². The van der Waals surface area contributed by atoms with Crippen molar-refractivity contribution in [1.82, 2.24) is 9.73 Å². The van der Waals surface area contributed by atoms with Gasteiger partial charge in [0.25, 0.3) is 5.91 Å². The lowest BCUT2D eigenvalue weighted by molar-refractivity contribution is -0.121. The molecule has 8 nitrogen and oxygen atoms in total. The van der Waals surface area contributed by atoms with Gasteiger partial charge in [-0.25, -0.2) is 18.2 Å². The summed E-state index contributed by atoms with van der Waals surface area (Å²) in [5, 5.41) is 4.25. The van der Waals surface area contributed by atoms with Crippen molar-refractivity contribution in [3.05, 3.63) is 101 Å². The van der Waals surface area contributed by atoms with E-state index in [0.717, 1.165) is 4.31 Å². The van der Waals surface area contributed by atoms with Gasteiger partial charge in [0.05, 0.1) is 24.8 Å². The number of methoxy groups -OCH3 is 1. The Kier molecular flexibility index (Phi) is 9.78. The average Bonchev–Trinajstić information content (AvgIpc) is 2.88. The van der Waals surface area contributed by atoms with Gasteiger partial charge in [-0.2, -0.15) is 9.41 Å². The smallest absolute Gasteiger partial charge is 0.255 e. The Balaban J connectivity index is 1.76. The lowest BCUT2D eigenvalue weighted by atomic mass is 10.2. The molecule has 0 atom stereocenters. The molecule has 0 unspecified atom stereocenters. The number of carbonyl (C=O) groups excluding carboxylic acids is 1. The fourth-order valence-electron chi connectivity index (χ4n) is 3.20. The van der Waals surface area contributed by atoms with Crippen molar-refractivity contribution >= 4 is 33.7 Å². The van der Waals surface area contributed by atoms with Crippen LogP contribution in [0.4, 0.5) is 4.39 Å². The molecule has 0 radical (unpaired) electrons. The first kappa shape index (κ1) is 27.9. The number of ether oxygens (including phenoxy) is 2. The number of hydrogen-bond donors (Lipinski definition) is 1. The van der Waals surface area contributed by atoms with Crippen molar-refractivity contribution < 1.29 is 27.1 Å². The second-order valence-corrected chi connectivity index (χ2v) is 10.00. The summed E-state index contributed by atoms with van der Waals surface area (Å²) in [6, 6.07) is 16.2. The molecule has 0 aliphatic heterocycles. The molecule has 0 aromatic heterocycles. The Bertz CT molecular complexity index is 1380. The van der Waals surface area contributed by atoms with Crippen molar-refractivity contribution in [2.75, 3.05) is 20.3 Å². The van der Waals surface area contributed by atoms with Gasteiger partial charge in [-0.1, -0.05) is 42.5 Å². The van der Waals surface area contributed by atoms with Gasteiger partial charge in [0, 0.05) is 17.1 Å². The quantitative estimate of drug-likeness (QED) is 0.207. The fourth-order valence-corrected chi connectivity index (χ4v) is 4.71. The maximum Gasteiger partial charge on any atom is 0.255 e. The molecule has 1 N–H and O–H groups in total. The van der Waals surface area contributed by atoms with Crippen LogP contribution in [-0.2, 0) is 21.4 Å². The summed E-state index contributed by atoms with van der Waals surface area (Å²) in [6.45, 7) is 2.94. The van der Waals surface area contributed by atoms with Gasteiger partial charge in [-0.05, 0) is 54.1 Å². The zero-order valence-corrected chi connectivity index (χ0v) is 21.5. The van der Waals surface area contributed by atoms with Crippen molar-refractivity contribution in [3.8, 4) is 11.5 Å². The predicted octanol–water partition coefficient (Wildman–Crippen LogP) is 4.39. The lowest BCUT2D eigenvalue weighted by Gasteiger charge is -2.21. The molecule has 3 aromatic carbocycles. The van der Waals surface area contributed by atoms with E-state index < -0.39 is 28.3 Å². The van der Waals surface area contributed by atoms with Crippen LogP contribution in [0.25, 0.3) is 0 Å². The average molecular weight is 546 g/mol. The third-order valence-electron chi connectivity index (χ3n) is 5.02. The molecule has 0 fully saturated rings. The Morgan fingerprint density at radius 2 is 1.86 bits per heavy atom. The molecule has 0 spiro atoms. The lowest BCUT2D eigenvalue weighted by Crippen LogP contribution is -2.39. The Labute approximate surface area is 220 Å². The molecule has 0 aliphatic carbocycles. The maximum absolute atomic E-state index is 14.3. The van der Waals surface area contributed by atoms with Crippen LogP contribution in [0.5, 0.6) is 11.5 Å². The van der Waals surface area contributed by atoms with Gasteiger partial charge in [0.2, 0.25) is 10.0 Å². The maximum atomic E-state index is 14.3. The van der Waals surface area contributed by atoms with E-state index in [1.165, 1.54) is 55.8 Å². The van der Waals surface area contributed by atoms with E-state index in [1.54, 1.807) is 30.3 Å². The molecule has 3 rings (SSSR count). The van der Waals surface area contributed by atoms with Crippen LogP contribution in [0.3, 0.4) is 0 Å². The van der Waals surface area contributed by atoms with E-state index in [2.05, 4.69) is 17.1 Å². The molecule has 0 saturated heterocycles. The highest BCUT2D eigenvalue weighted by molar-refractivity contribution is 7.89. The molecular weight excluding hydrogens is 521 g/mol. The monoisotopic (exact) mass is 545 g/mol. The minimum atomic E-state index is -4.17. The molecule has 0 saturated carbocycles. The molecule has 194 valence electrons. The summed E-state index contributed by atoms with van der Waals surface area (Å²) >= 11 is 5.88. The van der Waals surface area contributed by atoms with Gasteiger partial charge in [0.1, 0.15) is 12.4 Å². The van der Waals surface area contributed by atoms with E-state index >= 15 is 0 Å². The first-order valence-electron chi connectivity index (χ1n) is 11.0. The summed E-state index contributed by atoms with van der Waals surface area (Å²) < 4.78 is 52.5. The first-order chi connectivity index (χ1) is 17.7. The molecule has 0 bridgehead atoms. The van der Waals surface area contributed by atoms with Crippen molar-refractivity contribution in [2.24, 2.45) is 5.10 Å². The van der Waals surface area contributed by atoms with Gasteiger partial charge in [-0.3, -0.25) is 4.79 Å². The number of benzene rings is 3. The van der Waals surface area contributed by atoms with Crippen LogP contribution < -0.4 is 14.9 Å². The molecule has 1 amide bonds. The standard InChI is InChI=1S/C26H25ClFN3O5S/c1-3-14-36-24-13-8-19(15-25(24)35-2)16-29-30-26(32)18-31(17-20-6-4-5-7-23(20)28)37(33,34)22-11-9-21(27)10-12-22/h3-13,15-16H,1,14,17-18H2,2H3,(H,30,32)/b29-16-. The van der Waals surface area contributed by atoms with E-state index in [9.17, 15) is 17.6 Å². The zero-order valence-electron chi connectivity index (χ0n) is 19.9. The minimum Gasteiger partial charge on any atom is -0.493 e. The number of sulfonamides is 1. The first-order valence-corrected chi connectivity index (χ1v) is 12.8. The Hall–Kier alpha value is -3.73. The normalized spacial score (nSPS) is 11.5. The number of hydrogen-bond acceptors (Lipinski definition) is 6. The largest absolute Gasteiger partial charge is 0.493 e. The highest BCUT2D eigenvalue weighted by Crippen LogP contribution is 2.27. The summed E-state index contributed by atoms with van der Waals surface area (Å²) in [7, 11) is -2.68. The SMILES string of the molecule is C=CCOc1ccc(/C=N\NC(=O)CN(Cc2ccccc2F)S(=O)(=O)c2ccc(Cl)cc2)cc1OC. The molecular formula is C26H25ClFN3O5S. The molecule has 0 aliphatic rings. The van der Waals surface area contributed by atoms with Crippen LogP contribution in [0.15, 0.2) is 89.4 Å². The van der Waals surface area contributed by atoms with E-state index in [0.29, 0.717) is 28.7 Å². The Morgan fingerprint density at radius 3 is 2.54 bits per heavy atom. The predicted molar refractivity (Wildman–Crippen MR) is 140 cm³/mol. The van der Waals surface area contributed by atoms with Gasteiger partial charge in [0.15, 0.2) is 11.5 Å². The van der Waals surface area contributed by atoms with Crippen molar-refractivity contribution in [3.63, 3.8) is 0 Å². The second-order valence-electron chi connectivity index (χ2n) is 7.62. The number of hydrazone groups is 1. The highest BCUT2D eigenvalue weighted by Gasteiger charge is 2.27. The van der Waals surface area contributed by atoms with Crippen molar-refractivity contribution in [1.29, 1.82) is 0 Å². The number of carbonyl (C=O) groups is 1. The summed E-state index contributed by atoms with van der Waals surface area (Å²) in [5.74, 6) is -0.336. The van der Waals surface area contributed by atoms with Crippen LogP contribution in [0.2, 0.25) is 5.02 Å². The summed E-state index contributed by atoms with van der Waals surface area (Å²) in [5.41, 5.74) is 3.02. The number of rotatable bonds is 12. The van der Waals surface area contributed by atoms with E-state index in [4.69, 9.17) is 21.1 Å². The number of halogens is 2. The zero-order chi connectivity index (χ0) is 26.8. The van der Waals surface area contributed by atoms with Gasteiger partial charge >= 0.3 is 0 Å². The molecule has 11 heteroatoms. The second kappa shape index (κ2) is 13.0. The third kappa shape index (κ3) is 7.63. The molecule has 37 heavy (non-hydrogen) atoms. The highest BCUT2D eigenvalue weighted by atomic mass is 35.5. The van der Waals surface area contributed by atoms with E-state index in [-0.39, 0.29) is 17.0 Å². The van der Waals surface area contributed by atoms with Crippen LogP contribution in [0, 0.1) is 5.82 Å². The van der Waals surface area contributed by atoms with E-state index in [1.807, 2.05) is 0 Å². The fraction of sp³-hybridized carbons (Fsp3) is 0.154. The Morgan fingerprint density at radius 1 is 1.14 bits per heavy atom. The minimum absolute atomic E-state index is 0.0876. The molecule has 3 aromatic rings. The topological polar surface area (TPSA) is 97.3 Å². The number of nitrogens with one attached hydrogen (secondary N) is 1. The van der Waals surface area contributed by atoms with Gasteiger partial charge in [-0.15, -0.1) is 0 Å². The molecule has 0 heterocycles. The third-order valence-corrected chi connectivity index (χ3v) is 7.08. The summed E-state index contributed by atoms with van der Waals surface area (Å²) in [4.78, 5) is 12.6. The number of nitrogens with zero attached hydrogens (tertiary/aromatic N) is 2. The van der Waals surface area contributed by atoms with Crippen molar-refractivity contribution in [2.45, 2.75) is 11.4 Å². The van der Waals surface area contributed by atoms with Gasteiger partial charge < -0.3 is 9.47 Å². The van der Waals surface area contributed by atoms with Crippen LogP contribution >= 0.6 is 11.6 Å². The summed E-state index contributed by atoms with van der Waals surface area (Å²) in [6.07, 6.45) is 2.97. The van der Waals surface area contributed by atoms with Crippen LogP contribution in [-0.4, -0.2) is 45.1 Å². The number of amides is 1.